The molecule has 3 heterocycles. The number of nitrogens with one attached hydrogen (secondary N) is 1. The molecule has 0 spiro atoms. The Morgan fingerprint density at radius 3 is 3.24 bits per heavy atom. The van der Waals surface area contributed by atoms with Crippen molar-refractivity contribution >= 4 is 11.6 Å². The summed E-state index contributed by atoms with van der Waals surface area (Å²) in [5.41, 5.74) is 1.19. The average Bonchev–Trinajstić information content (AvgIpc) is 2.74. The third kappa shape index (κ3) is 2.46. The van der Waals surface area contributed by atoms with Gasteiger partial charge in [0.25, 0.3) is 0 Å². The highest BCUT2D eigenvalue weighted by molar-refractivity contribution is 6.31. The van der Waals surface area contributed by atoms with Gasteiger partial charge in [-0.05, 0) is 36.9 Å². The lowest BCUT2D eigenvalue weighted by atomic mass is 9.94. The van der Waals surface area contributed by atoms with Crippen molar-refractivity contribution in [2.24, 2.45) is 5.92 Å². The fraction of sp³-hybridized carbons (Fsp3) is 0.615. The molecule has 3 rings (SSSR count). The summed E-state index contributed by atoms with van der Waals surface area (Å²) in [5.74, 6) is 0.837. The molecule has 17 heavy (non-hydrogen) atoms. The second-order valence-electron chi connectivity index (χ2n) is 5.12. The minimum Gasteiger partial charge on any atom is -0.312 e. The zero-order valence-corrected chi connectivity index (χ0v) is 10.7. The van der Waals surface area contributed by atoms with Crippen LogP contribution < -0.4 is 5.32 Å². The lowest BCUT2D eigenvalue weighted by molar-refractivity contribution is 0.312. The second kappa shape index (κ2) is 4.92. The van der Waals surface area contributed by atoms with Crippen LogP contribution in [0.4, 0.5) is 0 Å². The van der Waals surface area contributed by atoms with Crippen molar-refractivity contribution in [3.63, 3.8) is 0 Å². The molecule has 1 aromatic heterocycles. The molecule has 2 saturated heterocycles. The molecule has 1 N–H and O–H groups in total. The third-order valence-corrected chi connectivity index (χ3v) is 4.27. The normalized spacial score (nSPS) is 29.2. The van der Waals surface area contributed by atoms with Crippen molar-refractivity contribution < 1.29 is 0 Å². The lowest BCUT2D eigenvalue weighted by Crippen LogP contribution is -2.40. The Hall–Kier alpha value is -0.640. The SMILES string of the molecule is Clc1cnccc1CN1CC2CCCNC2C1. The summed E-state index contributed by atoms with van der Waals surface area (Å²) in [6.07, 6.45) is 6.25. The van der Waals surface area contributed by atoms with Gasteiger partial charge < -0.3 is 5.32 Å². The van der Waals surface area contributed by atoms with Gasteiger partial charge in [0.15, 0.2) is 0 Å². The molecule has 2 fully saturated rings. The van der Waals surface area contributed by atoms with Crippen LogP contribution in [0.15, 0.2) is 18.5 Å². The topological polar surface area (TPSA) is 28.2 Å². The molecule has 92 valence electrons. The van der Waals surface area contributed by atoms with Crippen molar-refractivity contribution in [2.75, 3.05) is 19.6 Å². The van der Waals surface area contributed by atoms with E-state index >= 15 is 0 Å². The van der Waals surface area contributed by atoms with E-state index in [1.165, 1.54) is 31.5 Å². The first-order valence-corrected chi connectivity index (χ1v) is 6.75. The molecule has 0 radical (unpaired) electrons. The number of hydrogen-bond acceptors (Lipinski definition) is 3. The molecule has 3 nitrogen and oxygen atoms in total. The number of nitrogens with zero attached hydrogens (tertiary/aromatic N) is 2. The zero-order valence-electron chi connectivity index (χ0n) is 9.90. The molecule has 1 aromatic rings. The van der Waals surface area contributed by atoms with Crippen molar-refractivity contribution in [2.45, 2.75) is 25.4 Å². The second-order valence-corrected chi connectivity index (χ2v) is 5.53. The van der Waals surface area contributed by atoms with Gasteiger partial charge in [-0.1, -0.05) is 11.6 Å². The quantitative estimate of drug-likeness (QED) is 0.871. The number of likely N-dealkylation sites (tertiary alicyclic amines) is 1. The van der Waals surface area contributed by atoms with Gasteiger partial charge in [0, 0.05) is 38.1 Å². The van der Waals surface area contributed by atoms with Crippen LogP contribution in [0.2, 0.25) is 5.02 Å². The summed E-state index contributed by atoms with van der Waals surface area (Å²) < 4.78 is 0. The summed E-state index contributed by atoms with van der Waals surface area (Å²) in [4.78, 5) is 6.54. The Morgan fingerprint density at radius 2 is 2.41 bits per heavy atom. The lowest BCUT2D eigenvalue weighted by Gasteiger charge is -2.24. The minimum absolute atomic E-state index is 0.698. The van der Waals surface area contributed by atoms with Crippen LogP contribution in [0.3, 0.4) is 0 Å². The molecule has 2 aliphatic rings. The van der Waals surface area contributed by atoms with Gasteiger partial charge in [-0.25, -0.2) is 0 Å². The molecule has 2 aliphatic heterocycles. The summed E-state index contributed by atoms with van der Waals surface area (Å²) >= 11 is 6.15. The van der Waals surface area contributed by atoms with Crippen molar-refractivity contribution in [1.82, 2.24) is 15.2 Å². The van der Waals surface area contributed by atoms with Crippen LogP contribution in [0, 0.1) is 5.92 Å². The molecule has 0 aromatic carbocycles. The molecule has 0 aliphatic carbocycles. The van der Waals surface area contributed by atoms with Gasteiger partial charge >= 0.3 is 0 Å². The van der Waals surface area contributed by atoms with E-state index in [1.54, 1.807) is 6.20 Å². The zero-order chi connectivity index (χ0) is 11.7. The fourth-order valence-electron chi connectivity index (χ4n) is 3.04. The summed E-state index contributed by atoms with van der Waals surface area (Å²) in [6, 6.07) is 2.72. The number of fused-ring (bicyclic) bond motifs is 1. The Kier molecular flexibility index (Phi) is 3.32. The van der Waals surface area contributed by atoms with Gasteiger partial charge in [0.1, 0.15) is 0 Å². The van der Waals surface area contributed by atoms with E-state index in [1.807, 2.05) is 12.3 Å². The number of rotatable bonds is 2. The summed E-state index contributed by atoms with van der Waals surface area (Å²) in [7, 11) is 0. The van der Waals surface area contributed by atoms with Crippen molar-refractivity contribution in [1.29, 1.82) is 0 Å². The van der Waals surface area contributed by atoms with Crippen LogP contribution in [-0.2, 0) is 6.54 Å². The molecule has 2 unspecified atom stereocenters. The Bertz CT molecular complexity index is 382. The van der Waals surface area contributed by atoms with Crippen molar-refractivity contribution in [3.8, 4) is 0 Å². The van der Waals surface area contributed by atoms with E-state index < -0.39 is 0 Å². The number of pyridine rings is 1. The Labute approximate surface area is 107 Å². The molecular weight excluding hydrogens is 234 g/mol. The third-order valence-electron chi connectivity index (χ3n) is 3.93. The van der Waals surface area contributed by atoms with Gasteiger partial charge in [0.05, 0.1) is 5.02 Å². The molecule has 0 amide bonds. The highest BCUT2D eigenvalue weighted by Gasteiger charge is 2.34. The highest BCUT2D eigenvalue weighted by Crippen LogP contribution is 2.27. The number of halogens is 1. The van der Waals surface area contributed by atoms with Crippen LogP contribution in [0.25, 0.3) is 0 Å². The first-order chi connectivity index (χ1) is 8.33. The smallest absolute Gasteiger partial charge is 0.0634 e. The van der Waals surface area contributed by atoms with Gasteiger partial charge in [-0.15, -0.1) is 0 Å². The maximum atomic E-state index is 6.15. The molecule has 4 heteroatoms. The van der Waals surface area contributed by atoms with Crippen LogP contribution in [-0.4, -0.2) is 35.6 Å². The summed E-state index contributed by atoms with van der Waals surface area (Å²) in [6.45, 7) is 4.50. The molecule has 0 saturated carbocycles. The average molecular weight is 252 g/mol. The van der Waals surface area contributed by atoms with E-state index in [2.05, 4.69) is 15.2 Å². The van der Waals surface area contributed by atoms with E-state index in [-0.39, 0.29) is 0 Å². The predicted octanol–water partition coefficient (Wildman–Crippen LogP) is 1.92. The van der Waals surface area contributed by atoms with Crippen LogP contribution in [0.5, 0.6) is 0 Å². The molecular formula is C13H18ClN3. The first-order valence-electron chi connectivity index (χ1n) is 6.37. The predicted molar refractivity (Wildman–Crippen MR) is 69.0 cm³/mol. The first kappa shape index (κ1) is 11.5. The van der Waals surface area contributed by atoms with Gasteiger partial charge in [0.2, 0.25) is 0 Å². The standard InChI is InChI=1S/C13H18ClN3/c14-12-6-15-5-3-10(12)7-17-8-11-2-1-4-16-13(11)9-17/h3,5-6,11,13,16H,1-2,4,7-9H2. The van der Waals surface area contributed by atoms with E-state index in [0.717, 1.165) is 24.0 Å². The molecule has 2 atom stereocenters. The highest BCUT2D eigenvalue weighted by atomic mass is 35.5. The fourth-order valence-corrected chi connectivity index (χ4v) is 3.22. The Morgan fingerprint density at radius 1 is 1.47 bits per heavy atom. The van der Waals surface area contributed by atoms with E-state index in [0.29, 0.717) is 6.04 Å². The molecule has 0 bridgehead atoms. The number of aromatic nitrogens is 1. The van der Waals surface area contributed by atoms with E-state index in [9.17, 15) is 0 Å². The van der Waals surface area contributed by atoms with Crippen molar-refractivity contribution in [3.05, 3.63) is 29.0 Å². The Balaban J connectivity index is 1.65. The van der Waals surface area contributed by atoms with Gasteiger partial charge in [-0.2, -0.15) is 0 Å². The largest absolute Gasteiger partial charge is 0.312 e. The van der Waals surface area contributed by atoms with Gasteiger partial charge in [-0.3, -0.25) is 9.88 Å². The number of hydrogen-bond donors (Lipinski definition) is 1. The maximum absolute atomic E-state index is 6.15. The van der Waals surface area contributed by atoms with Crippen LogP contribution >= 0.6 is 11.6 Å². The monoisotopic (exact) mass is 251 g/mol. The summed E-state index contributed by atoms with van der Waals surface area (Å²) in [5, 5.41) is 4.41. The number of piperidine rings is 1. The maximum Gasteiger partial charge on any atom is 0.0634 e. The minimum atomic E-state index is 0.698. The van der Waals surface area contributed by atoms with Crippen LogP contribution in [0.1, 0.15) is 18.4 Å². The van der Waals surface area contributed by atoms with E-state index in [4.69, 9.17) is 11.6 Å².